The van der Waals surface area contributed by atoms with Gasteiger partial charge in [0.15, 0.2) is 0 Å². The van der Waals surface area contributed by atoms with Crippen molar-refractivity contribution >= 4 is 0 Å². The largest absolute Gasteiger partial charge is 0.494 e. The Labute approximate surface area is 109 Å². The van der Waals surface area contributed by atoms with Crippen LogP contribution in [0.25, 0.3) is 0 Å². The average molecular weight is 253 g/mol. The van der Waals surface area contributed by atoms with Crippen molar-refractivity contribution in [3.63, 3.8) is 0 Å². The second-order valence-electron chi connectivity index (χ2n) is 4.67. The third-order valence-corrected chi connectivity index (χ3v) is 2.64. The Hall–Kier alpha value is -1.26. The predicted octanol–water partition coefficient (Wildman–Crippen LogP) is 1.95. The SMILES string of the molecule is CCOc1cccc(OCCCC(C)(N)CO)c1. The molecule has 4 heteroatoms. The van der Waals surface area contributed by atoms with Gasteiger partial charge < -0.3 is 20.3 Å². The van der Waals surface area contributed by atoms with Crippen LogP contribution in [0.1, 0.15) is 26.7 Å². The molecule has 18 heavy (non-hydrogen) atoms. The Morgan fingerprint density at radius 3 is 2.56 bits per heavy atom. The van der Waals surface area contributed by atoms with E-state index in [1.807, 2.05) is 38.1 Å². The molecule has 1 aromatic rings. The van der Waals surface area contributed by atoms with E-state index in [0.717, 1.165) is 24.3 Å². The van der Waals surface area contributed by atoms with Crippen LogP contribution in [0, 0.1) is 0 Å². The van der Waals surface area contributed by atoms with E-state index < -0.39 is 5.54 Å². The molecule has 0 heterocycles. The molecule has 0 aromatic heterocycles. The quantitative estimate of drug-likeness (QED) is 0.695. The van der Waals surface area contributed by atoms with Crippen LogP contribution in [0.15, 0.2) is 24.3 Å². The fraction of sp³-hybridized carbons (Fsp3) is 0.571. The van der Waals surface area contributed by atoms with Crippen LogP contribution in [0.3, 0.4) is 0 Å². The molecule has 0 aliphatic carbocycles. The maximum Gasteiger partial charge on any atom is 0.122 e. The molecule has 1 atom stereocenters. The Kier molecular flexibility index (Phi) is 5.95. The van der Waals surface area contributed by atoms with Gasteiger partial charge >= 0.3 is 0 Å². The van der Waals surface area contributed by atoms with Crippen LogP contribution in [0.5, 0.6) is 11.5 Å². The smallest absolute Gasteiger partial charge is 0.122 e. The fourth-order valence-electron chi connectivity index (χ4n) is 1.57. The van der Waals surface area contributed by atoms with Gasteiger partial charge in [0.05, 0.1) is 19.8 Å². The molecule has 1 aromatic carbocycles. The van der Waals surface area contributed by atoms with Crippen molar-refractivity contribution in [3.05, 3.63) is 24.3 Å². The Balaban J connectivity index is 2.33. The maximum absolute atomic E-state index is 9.02. The van der Waals surface area contributed by atoms with Crippen molar-refractivity contribution in [1.82, 2.24) is 0 Å². The lowest BCUT2D eigenvalue weighted by Gasteiger charge is -2.21. The molecule has 0 spiro atoms. The van der Waals surface area contributed by atoms with Gasteiger partial charge in [-0.3, -0.25) is 0 Å². The van der Waals surface area contributed by atoms with Crippen molar-refractivity contribution in [1.29, 1.82) is 0 Å². The molecule has 0 fully saturated rings. The van der Waals surface area contributed by atoms with Gasteiger partial charge in [0.2, 0.25) is 0 Å². The average Bonchev–Trinajstić information content (AvgIpc) is 2.36. The van der Waals surface area contributed by atoms with E-state index in [9.17, 15) is 0 Å². The van der Waals surface area contributed by atoms with Crippen LogP contribution < -0.4 is 15.2 Å². The molecular formula is C14H23NO3. The summed E-state index contributed by atoms with van der Waals surface area (Å²) < 4.78 is 11.0. The molecule has 3 N–H and O–H groups in total. The van der Waals surface area contributed by atoms with Gasteiger partial charge in [0, 0.05) is 11.6 Å². The molecule has 0 aliphatic rings. The van der Waals surface area contributed by atoms with Gasteiger partial charge in [0.25, 0.3) is 0 Å². The zero-order valence-corrected chi connectivity index (χ0v) is 11.2. The van der Waals surface area contributed by atoms with E-state index in [-0.39, 0.29) is 6.61 Å². The summed E-state index contributed by atoms with van der Waals surface area (Å²) in [5.74, 6) is 1.61. The second kappa shape index (κ2) is 7.24. The van der Waals surface area contributed by atoms with E-state index >= 15 is 0 Å². The summed E-state index contributed by atoms with van der Waals surface area (Å²) in [5, 5.41) is 9.02. The zero-order chi connectivity index (χ0) is 13.4. The van der Waals surface area contributed by atoms with Crippen molar-refractivity contribution < 1.29 is 14.6 Å². The third-order valence-electron chi connectivity index (χ3n) is 2.64. The summed E-state index contributed by atoms with van der Waals surface area (Å²) in [7, 11) is 0. The summed E-state index contributed by atoms with van der Waals surface area (Å²) in [4.78, 5) is 0. The number of aliphatic hydroxyl groups is 1. The molecule has 0 radical (unpaired) electrons. The Morgan fingerprint density at radius 1 is 1.28 bits per heavy atom. The first-order valence-electron chi connectivity index (χ1n) is 6.33. The van der Waals surface area contributed by atoms with E-state index in [1.54, 1.807) is 0 Å². The van der Waals surface area contributed by atoms with Crippen LogP contribution in [-0.2, 0) is 0 Å². The Morgan fingerprint density at radius 2 is 1.94 bits per heavy atom. The zero-order valence-electron chi connectivity index (χ0n) is 11.2. The molecule has 4 nitrogen and oxygen atoms in total. The number of benzene rings is 1. The van der Waals surface area contributed by atoms with E-state index in [1.165, 1.54) is 0 Å². The van der Waals surface area contributed by atoms with E-state index in [2.05, 4.69) is 0 Å². The fourth-order valence-corrected chi connectivity index (χ4v) is 1.57. The maximum atomic E-state index is 9.02. The highest BCUT2D eigenvalue weighted by molar-refractivity contribution is 5.32. The van der Waals surface area contributed by atoms with Crippen LogP contribution in [-0.4, -0.2) is 30.5 Å². The molecule has 1 rings (SSSR count). The van der Waals surface area contributed by atoms with Crippen molar-refractivity contribution in [2.75, 3.05) is 19.8 Å². The minimum Gasteiger partial charge on any atom is -0.494 e. The first-order valence-corrected chi connectivity index (χ1v) is 6.33. The molecule has 0 bridgehead atoms. The summed E-state index contributed by atoms with van der Waals surface area (Å²) in [6, 6.07) is 7.58. The minimum atomic E-state index is -0.517. The first-order chi connectivity index (χ1) is 8.57. The summed E-state index contributed by atoms with van der Waals surface area (Å²) in [5.41, 5.74) is 5.32. The van der Waals surface area contributed by atoms with Crippen LogP contribution in [0.2, 0.25) is 0 Å². The standard InChI is InChI=1S/C14H23NO3/c1-3-17-12-6-4-7-13(10-12)18-9-5-8-14(2,15)11-16/h4,6-7,10,16H,3,5,8-9,11,15H2,1-2H3. The van der Waals surface area contributed by atoms with Gasteiger partial charge in [-0.15, -0.1) is 0 Å². The summed E-state index contributed by atoms with van der Waals surface area (Å²) in [6.45, 7) is 5.01. The molecular weight excluding hydrogens is 230 g/mol. The topological polar surface area (TPSA) is 64.7 Å². The first kappa shape index (κ1) is 14.8. The summed E-state index contributed by atoms with van der Waals surface area (Å²) >= 11 is 0. The highest BCUT2D eigenvalue weighted by atomic mass is 16.5. The van der Waals surface area contributed by atoms with Crippen molar-refractivity contribution in [3.8, 4) is 11.5 Å². The van der Waals surface area contributed by atoms with Gasteiger partial charge in [-0.25, -0.2) is 0 Å². The molecule has 0 aliphatic heterocycles. The third kappa shape index (κ3) is 5.38. The monoisotopic (exact) mass is 253 g/mol. The number of ether oxygens (including phenoxy) is 2. The normalized spacial score (nSPS) is 14.0. The molecule has 1 unspecified atom stereocenters. The van der Waals surface area contributed by atoms with Crippen LogP contribution in [0.4, 0.5) is 0 Å². The van der Waals surface area contributed by atoms with Gasteiger partial charge in [-0.05, 0) is 38.8 Å². The lowest BCUT2D eigenvalue weighted by atomic mass is 9.99. The van der Waals surface area contributed by atoms with Gasteiger partial charge in [0.1, 0.15) is 11.5 Å². The summed E-state index contributed by atoms with van der Waals surface area (Å²) in [6.07, 6.45) is 1.54. The van der Waals surface area contributed by atoms with E-state index in [0.29, 0.717) is 13.2 Å². The molecule has 0 saturated carbocycles. The lowest BCUT2D eigenvalue weighted by Crippen LogP contribution is -2.40. The highest BCUT2D eigenvalue weighted by Gasteiger charge is 2.15. The number of hydrogen-bond acceptors (Lipinski definition) is 4. The minimum absolute atomic E-state index is 0.00712. The number of aliphatic hydroxyl groups excluding tert-OH is 1. The molecule has 102 valence electrons. The number of nitrogens with two attached hydrogens (primary N) is 1. The van der Waals surface area contributed by atoms with Crippen molar-refractivity contribution in [2.24, 2.45) is 5.73 Å². The van der Waals surface area contributed by atoms with Gasteiger partial charge in [-0.1, -0.05) is 6.07 Å². The highest BCUT2D eigenvalue weighted by Crippen LogP contribution is 2.19. The predicted molar refractivity (Wildman–Crippen MR) is 72.0 cm³/mol. The number of rotatable bonds is 8. The van der Waals surface area contributed by atoms with E-state index in [4.69, 9.17) is 20.3 Å². The second-order valence-corrected chi connectivity index (χ2v) is 4.67. The van der Waals surface area contributed by atoms with Crippen LogP contribution >= 0.6 is 0 Å². The number of hydrogen-bond donors (Lipinski definition) is 2. The lowest BCUT2D eigenvalue weighted by molar-refractivity contribution is 0.188. The van der Waals surface area contributed by atoms with Crippen molar-refractivity contribution in [2.45, 2.75) is 32.2 Å². The van der Waals surface area contributed by atoms with Gasteiger partial charge in [-0.2, -0.15) is 0 Å². The Bertz CT molecular complexity index is 353. The molecule has 0 saturated heterocycles. The molecule has 0 amide bonds.